The van der Waals surface area contributed by atoms with Crippen molar-refractivity contribution in [2.45, 2.75) is 81.2 Å². The quantitative estimate of drug-likeness (QED) is 0.143. The van der Waals surface area contributed by atoms with E-state index in [-0.39, 0.29) is 30.9 Å². The second-order valence-corrected chi connectivity index (χ2v) is 14.4. The molecule has 0 bridgehead atoms. The molecule has 3 aromatic carbocycles. The van der Waals surface area contributed by atoms with Crippen molar-refractivity contribution in [1.29, 1.82) is 0 Å². The van der Waals surface area contributed by atoms with Gasteiger partial charge in [0, 0.05) is 12.5 Å². The molecular formula is C41H44N4O10-2. The smallest absolute Gasteiger partial charge is 0.304 e. The molecule has 1 fully saturated rings. The Bertz CT molecular complexity index is 1950. The highest BCUT2D eigenvalue weighted by Crippen LogP contribution is 2.35. The van der Waals surface area contributed by atoms with Crippen LogP contribution in [0.3, 0.4) is 0 Å². The Morgan fingerprint density at radius 2 is 1.53 bits per heavy atom. The predicted molar refractivity (Wildman–Crippen MR) is 195 cm³/mol. The van der Waals surface area contributed by atoms with Crippen LogP contribution in [0.15, 0.2) is 78.9 Å². The molecule has 1 aliphatic heterocycles. The van der Waals surface area contributed by atoms with Gasteiger partial charge in [0.05, 0.1) is 36.6 Å². The summed E-state index contributed by atoms with van der Waals surface area (Å²) in [6.07, 6.45) is 5.34. The molecule has 6 N–H and O–H groups in total. The standard InChI is InChI=1S/C41H46N4O10/c42-33(46)22-32-37(50)43-23-24(20-28-11-7-10-25-9-2-3-12-29(25)28)8-6-13-30(26-14-16-27(17-15-26)35(38(51)52)39(53)54)31(21-34(47)48)36(49)45-41(40(55)44-32)18-4-1-5-19-41/h2-3,6-7,9-17,24,30-32,35H,1,4-5,8,18-23H2,(H2,42,46)(H,43,50)(H,44,55)(H,45,49)(H,47,48)(H,51,52)(H,53,54)/p-2/b13-6+/t24-,30+,31-,32-/m0/s1. The van der Waals surface area contributed by atoms with Crippen LogP contribution in [0.5, 0.6) is 0 Å². The number of nitrogens with two attached hydrogens (primary N) is 1. The Hall–Kier alpha value is -6.05. The number of hydrogen-bond acceptors (Lipinski definition) is 9. The van der Waals surface area contributed by atoms with Crippen molar-refractivity contribution in [1.82, 2.24) is 16.0 Å². The number of amides is 4. The van der Waals surface area contributed by atoms with Gasteiger partial charge in [-0.2, -0.15) is 0 Å². The number of primary amides is 1. The number of carbonyl (C=O) groups is 7. The monoisotopic (exact) mass is 752 g/mol. The van der Waals surface area contributed by atoms with Crippen molar-refractivity contribution in [2.75, 3.05) is 6.54 Å². The Balaban J connectivity index is 1.60. The fraction of sp³-hybridized carbons (Fsp3) is 0.390. The minimum absolute atomic E-state index is 0.117. The highest BCUT2D eigenvalue weighted by Gasteiger charge is 2.45. The molecule has 290 valence electrons. The van der Waals surface area contributed by atoms with E-state index in [1.807, 2.05) is 42.5 Å². The molecule has 2 aliphatic rings. The summed E-state index contributed by atoms with van der Waals surface area (Å²) in [7, 11) is 0. The number of carboxylic acids is 3. The number of aliphatic carboxylic acids is 3. The van der Waals surface area contributed by atoms with Crippen LogP contribution in [0.25, 0.3) is 10.8 Å². The molecule has 0 unspecified atom stereocenters. The van der Waals surface area contributed by atoms with E-state index < -0.39 is 83.7 Å². The topological polar surface area (TPSA) is 248 Å². The first-order chi connectivity index (χ1) is 26.3. The number of fused-ring (bicyclic) bond motifs is 1. The third-order valence-corrected chi connectivity index (χ3v) is 10.6. The highest BCUT2D eigenvalue weighted by atomic mass is 16.4. The molecule has 5 rings (SSSR count). The molecule has 55 heavy (non-hydrogen) atoms. The van der Waals surface area contributed by atoms with Crippen LogP contribution in [0.4, 0.5) is 0 Å². The molecule has 1 heterocycles. The van der Waals surface area contributed by atoms with Crippen LogP contribution >= 0.6 is 0 Å². The second-order valence-electron chi connectivity index (χ2n) is 14.4. The maximum absolute atomic E-state index is 14.4. The average molecular weight is 753 g/mol. The SMILES string of the molecule is NC(=O)C[C@@H]1NC(=O)C2(CCCCC2)NC(=O)[C@@H](CC(=O)O)[C@@H](c2ccc(C(C(=O)[O-])C(=O)[O-])cc2)/C=C/C[C@@H](Cc2cccc3ccccc23)CNC1=O. The minimum Gasteiger partial charge on any atom is -0.549 e. The molecule has 4 amide bonds. The molecule has 14 heteroatoms. The van der Waals surface area contributed by atoms with Crippen molar-refractivity contribution in [3.63, 3.8) is 0 Å². The van der Waals surface area contributed by atoms with Gasteiger partial charge >= 0.3 is 5.97 Å². The van der Waals surface area contributed by atoms with Crippen molar-refractivity contribution in [3.05, 3.63) is 95.6 Å². The van der Waals surface area contributed by atoms with E-state index in [1.54, 1.807) is 12.2 Å². The first kappa shape index (κ1) is 40.1. The first-order valence-corrected chi connectivity index (χ1v) is 18.3. The van der Waals surface area contributed by atoms with Crippen molar-refractivity contribution in [2.24, 2.45) is 17.6 Å². The summed E-state index contributed by atoms with van der Waals surface area (Å²) < 4.78 is 0. The van der Waals surface area contributed by atoms with Gasteiger partial charge in [0.1, 0.15) is 11.6 Å². The van der Waals surface area contributed by atoms with Gasteiger partial charge in [-0.3, -0.25) is 24.0 Å². The van der Waals surface area contributed by atoms with Gasteiger partial charge in [-0.15, -0.1) is 0 Å². The van der Waals surface area contributed by atoms with Gasteiger partial charge in [0.25, 0.3) is 0 Å². The van der Waals surface area contributed by atoms with Crippen molar-refractivity contribution >= 4 is 52.3 Å². The molecule has 3 aromatic rings. The largest absolute Gasteiger partial charge is 0.549 e. The molecular weight excluding hydrogens is 708 g/mol. The van der Waals surface area contributed by atoms with E-state index in [4.69, 9.17) is 5.73 Å². The summed E-state index contributed by atoms with van der Waals surface area (Å²) in [5.74, 6) is -12.5. The van der Waals surface area contributed by atoms with Crippen LogP contribution in [0.1, 0.15) is 79.9 Å². The fourth-order valence-electron chi connectivity index (χ4n) is 7.73. The molecule has 14 nitrogen and oxygen atoms in total. The fourth-order valence-corrected chi connectivity index (χ4v) is 7.73. The van der Waals surface area contributed by atoms with E-state index in [0.717, 1.165) is 22.8 Å². The Kier molecular flexibility index (Phi) is 13.0. The van der Waals surface area contributed by atoms with E-state index in [2.05, 4.69) is 16.0 Å². The summed E-state index contributed by atoms with van der Waals surface area (Å²) >= 11 is 0. The van der Waals surface area contributed by atoms with Gasteiger partial charge in [0.15, 0.2) is 0 Å². The number of nitrogens with one attached hydrogen (secondary N) is 3. The maximum Gasteiger partial charge on any atom is 0.304 e. The predicted octanol–water partition coefficient (Wildman–Crippen LogP) is 0.712. The molecule has 1 aliphatic carbocycles. The Morgan fingerprint density at radius 1 is 0.855 bits per heavy atom. The van der Waals surface area contributed by atoms with Crippen LogP contribution in [0, 0.1) is 11.8 Å². The summed E-state index contributed by atoms with van der Waals surface area (Å²) in [6, 6.07) is 17.7. The lowest BCUT2D eigenvalue weighted by atomic mass is 9.78. The lowest BCUT2D eigenvalue weighted by Gasteiger charge is -2.39. The molecule has 0 aromatic heterocycles. The van der Waals surface area contributed by atoms with Gasteiger partial charge in [-0.05, 0) is 59.1 Å². The number of carboxylic acid groups (broad SMARTS) is 3. The Labute approximate surface area is 317 Å². The number of carbonyl (C=O) groups excluding carboxylic acids is 6. The summed E-state index contributed by atoms with van der Waals surface area (Å²) in [6.45, 7) is 0.117. The van der Waals surface area contributed by atoms with Crippen molar-refractivity contribution < 1.29 is 48.9 Å². The molecule has 4 atom stereocenters. The third kappa shape index (κ3) is 9.93. The zero-order valence-electron chi connectivity index (χ0n) is 30.2. The Morgan fingerprint density at radius 3 is 2.18 bits per heavy atom. The van der Waals surface area contributed by atoms with E-state index >= 15 is 0 Å². The average Bonchev–Trinajstić information content (AvgIpc) is 3.14. The molecule has 1 spiro atoms. The van der Waals surface area contributed by atoms with Gasteiger partial charge in [0.2, 0.25) is 23.6 Å². The van der Waals surface area contributed by atoms with E-state index in [1.165, 1.54) is 24.3 Å². The van der Waals surface area contributed by atoms with Gasteiger partial charge < -0.3 is 46.6 Å². The zero-order chi connectivity index (χ0) is 39.7. The van der Waals surface area contributed by atoms with Crippen LogP contribution < -0.4 is 31.9 Å². The number of benzene rings is 3. The summed E-state index contributed by atoms with van der Waals surface area (Å²) in [5.41, 5.74) is 5.21. The van der Waals surface area contributed by atoms with E-state index in [9.17, 15) is 48.9 Å². The number of rotatable bonds is 10. The van der Waals surface area contributed by atoms with Gasteiger partial charge in [-0.25, -0.2) is 0 Å². The second kappa shape index (κ2) is 17.9. The van der Waals surface area contributed by atoms with Crippen LogP contribution in [-0.4, -0.2) is 64.8 Å². The van der Waals surface area contributed by atoms with Crippen molar-refractivity contribution in [3.8, 4) is 0 Å². The van der Waals surface area contributed by atoms with Crippen LogP contribution in [-0.2, 0) is 40.0 Å². The molecule has 0 saturated heterocycles. The van der Waals surface area contributed by atoms with Crippen LogP contribution in [0.2, 0.25) is 0 Å². The highest BCUT2D eigenvalue weighted by molar-refractivity contribution is 5.98. The molecule has 0 radical (unpaired) electrons. The third-order valence-electron chi connectivity index (χ3n) is 10.6. The minimum atomic E-state index is -2.07. The van der Waals surface area contributed by atoms with E-state index in [0.29, 0.717) is 31.2 Å². The lowest BCUT2D eigenvalue weighted by molar-refractivity contribution is -0.326. The van der Waals surface area contributed by atoms with Gasteiger partial charge in [-0.1, -0.05) is 98.1 Å². The zero-order valence-corrected chi connectivity index (χ0v) is 30.2. The summed E-state index contributed by atoms with van der Waals surface area (Å²) in [5, 5.41) is 43.7. The normalized spacial score (nSPS) is 22.7. The lowest BCUT2D eigenvalue weighted by Crippen LogP contribution is -2.64. The summed E-state index contributed by atoms with van der Waals surface area (Å²) in [4.78, 5) is 89.9. The number of allylic oxidation sites excluding steroid dienone is 2. The molecule has 1 saturated carbocycles. The first-order valence-electron chi connectivity index (χ1n) is 18.3. The maximum atomic E-state index is 14.4. The number of hydrogen-bond donors (Lipinski definition) is 5.